The molecule has 1 N–H and O–H groups in total. The minimum atomic E-state index is -3.64. The van der Waals surface area contributed by atoms with Gasteiger partial charge in [0.1, 0.15) is 5.82 Å². The lowest BCUT2D eigenvalue weighted by Gasteiger charge is -2.22. The van der Waals surface area contributed by atoms with Crippen LogP contribution in [0.2, 0.25) is 0 Å². The van der Waals surface area contributed by atoms with Crippen molar-refractivity contribution in [2.24, 2.45) is 0 Å². The number of likely N-dealkylation sites (N-methyl/N-ethyl adjacent to an activating group) is 1. The van der Waals surface area contributed by atoms with Crippen LogP contribution in [0.3, 0.4) is 0 Å². The Morgan fingerprint density at radius 1 is 1.03 bits per heavy atom. The lowest BCUT2D eigenvalue weighted by molar-refractivity contribution is -0.121. The minimum absolute atomic E-state index is 0.0975. The first-order valence-corrected chi connectivity index (χ1v) is 11.4. The van der Waals surface area contributed by atoms with Gasteiger partial charge in [-0.3, -0.25) is 9.59 Å². The summed E-state index contributed by atoms with van der Waals surface area (Å²) in [6.07, 6.45) is 0. The first-order chi connectivity index (χ1) is 14.6. The molecule has 0 bridgehead atoms. The lowest BCUT2D eigenvalue weighted by atomic mass is 10.2. The van der Waals surface area contributed by atoms with Crippen LogP contribution in [-0.2, 0) is 21.4 Å². The molecule has 0 aliphatic rings. The predicted molar refractivity (Wildman–Crippen MR) is 116 cm³/mol. The number of nitrogens with one attached hydrogen (secondary N) is 1. The standard InChI is InChI=1S/C22H28FN3O4S/c1-5-26(15-21(27)24-14-17-6-10-19(23)11-7-17)22(28)18-8-12-20(13-9-18)31(29,30)25(4)16(2)3/h6-13,16H,5,14-15H2,1-4H3,(H,24,27). The maximum absolute atomic E-state index is 13.0. The first kappa shape index (κ1) is 24.5. The molecule has 2 rings (SSSR count). The maximum Gasteiger partial charge on any atom is 0.254 e. The van der Waals surface area contributed by atoms with Gasteiger partial charge in [-0.15, -0.1) is 0 Å². The minimum Gasteiger partial charge on any atom is -0.350 e. The fourth-order valence-electron chi connectivity index (χ4n) is 2.76. The van der Waals surface area contributed by atoms with Crippen molar-refractivity contribution in [2.45, 2.75) is 38.3 Å². The summed E-state index contributed by atoms with van der Waals surface area (Å²) in [6.45, 7) is 5.68. The highest BCUT2D eigenvalue weighted by Crippen LogP contribution is 2.18. The molecule has 9 heteroatoms. The third-order valence-corrected chi connectivity index (χ3v) is 6.96. The molecule has 0 heterocycles. The van der Waals surface area contributed by atoms with Gasteiger partial charge < -0.3 is 10.2 Å². The molecule has 0 saturated carbocycles. The lowest BCUT2D eigenvalue weighted by Crippen LogP contribution is -2.40. The number of benzene rings is 2. The van der Waals surface area contributed by atoms with E-state index in [1.165, 1.54) is 52.7 Å². The highest BCUT2D eigenvalue weighted by Gasteiger charge is 2.24. The predicted octanol–water partition coefficient (Wildman–Crippen LogP) is 2.63. The number of nitrogens with zero attached hydrogens (tertiary/aromatic N) is 2. The number of carbonyl (C=O) groups is 2. The molecule has 0 radical (unpaired) electrons. The largest absolute Gasteiger partial charge is 0.350 e. The highest BCUT2D eigenvalue weighted by atomic mass is 32.2. The van der Waals surface area contributed by atoms with E-state index in [1.54, 1.807) is 32.9 Å². The highest BCUT2D eigenvalue weighted by molar-refractivity contribution is 7.89. The van der Waals surface area contributed by atoms with Gasteiger partial charge in [-0.1, -0.05) is 12.1 Å². The zero-order chi connectivity index (χ0) is 23.2. The topological polar surface area (TPSA) is 86.8 Å². The van der Waals surface area contributed by atoms with Crippen molar-refractivity contribution in [2.75, 3.05) is 20.1 Å². The summed E-state index contributed by atoms with van der Waals surface area (Å²) in [6, 6.07) is 11.3. The summed E-state index contributed by atoms with van der Waals surface area (Å²) in [5, 5.41) is 2.70. The molecule has 0 aliphatic heterocycles. The van der Waals surface area contributed by atoms with E-state index in [9.17, 15) is 22.4 Å². The van der Waals surface area contributed by atoms with Crippen LogP contribution in [-0.4, -0.2) is 55.6 Å². The van der Waals surface area contributed by atoms with Gasteiger partial charge >= 0.3 is 0 Å². The van der Waals surface area contributed by atoms with E-state index < -0.39 is 10.0 Å². The summed E-state index contributed by atoms with van der Waals surface area (Å²) in [7, 11) is -2.14. The molecule has 0 fully saturated rings. The molecule has 0 aliphatic carbocycles. The molecular formula is C22H28FN3O4S. The fraction of sp³-hybridized carbons (Fsp3) is 0.364. The van der Waals surface area contributed by atoms with E-state index in [1.807, 2.05) is 0 Å². The van der Waals surface area contributed by atoms with Crippen molar-refractivity contribution >= 4 is 21.8 Å². The molecule has 0 aromatic heterocycles. The van der Waals surface area contributed by atoms with Crippen LogP contribution in [0.5, 0.6) is 0 Å². The van der Waals surface area contributed by atoms with Gasteiger partial charge in [0.25, 0.3) is 5.91 Å². The van der Waals surface area contributed by atoms with E-state index in [0.29, 0.717) is 12.1 Å². The fourth-order valence-corrected chi connectivity index (χ4v) is 4.12. The van der Waals surface area contributed by atoms with Gasteiger partial charge in [-0.25, -0.2) is 12.8 Å². The van der Waals surface area contributed by atoms with Gasteiger partial charge in [0, 0.05) is 31.7 Å². The average molecular weight is 450 g/mol. The Balaban J connectivity index is 2.02. The number of carbonyl (C=O) groups excluding carboxylic acids is 2. The van der Waals surface area contributed by atoms with E-state index in [2.05, 4.69) is 5.32 Å². The normalized spacial score (nSPS) is 11.6. The smallest absolute Gasteiger partial charge is 0.254 e. The molecule has 7 nitrogen and oxygen atoms in total. The Hall–Kier alpha value is -2.78. The van der Waals surface area contributed by atoms with Crippen molar-refractivity contribution in [1.82, 2.24) is 14.5 Å². The Morgan fingerprint density at radius 3 is 2.13 bits per heavy atom. The monoisotopic (exact) mass is 449 g/mol. The van der Waals surface area contributed by atoms with Crippen LogP contribution in [0.25, 0.3) is 0 Å². The summed E-state index contributed by atoms with van der Waals surface area (Å²) in [4.78, 5) is 26.5. The van der Waals surface area contributed by atoms with E-state index in [4.69, 9.17) is 0 Å². The van der Waals surface area contributed by atoms with Crippen LogP contribution >= 0.6 is 0 Å². The van der Waals surface area contributed by atoms with Gasteiger partial charge in [0.2, 0.25) is 15.9 Å². The van der Waals surface area contributed by atoms with Gasteiger partial charge in [0.05, 0.1) is 11.4 Å². The molecule has 0 saturated heterocycles. The van der Waals surface area contributed by atoms with E-state index in [0.717, 1.165) is 5.56 Å². The zero-order valence-corrected chi connectivity index (χ0v) is 18.9. The summed E-state index contributed by atoms with van der Waals surface area (Å²) < 4.78 is 39.3. The zero-order valence-electron chi connectivity index (χ0n) is 18.1. The Morgan fingerprint density at radius 2 is 1.61 bits per heavy atom. The second-order valence-electron chi connectivity index (χ2n) is 7.36. The SMILES string of the molecule is CCN(CC(=O)NCc1ccc(F)cc1)C(=O)c1ccc(S(=O)(=O)N(C)C(C)C)cc1. The molecule has 0 spiro atoms. The Kier molecular flexibility index (Phi) is 8.29. The van der Waals surface area contributed by atoms with Gasteiger partial charge in [-0.2, -0.15) is 4.31 Å². The number of sulfonamides is 1. The average Bonchev–Trinajstić information content (AvgIpc) is 2.76. The second kappa shape index (κ2) is 10.5. The summed E-state index contributed by atoms with van der Waals surface area (Å²) in [5.74, 6) is -1.08. The maximum atomic E-state index is 13.0. The van der Waals surface area contributed by atoms with Crippen molar-refractivity contribution in [3.05, 3.63) is 65.5 Å². The van der Waals surface area contributed by atoms with Crippen LogP contribution in [0, 0.1) is 5.82 Å². The Bertz CT molecular complexity index is 1010. The molecule has 2 amide bonds. The number of amides is 2. The second-order valence-corrected chi connectivity index (χ2v) is 9.36. The molecule has 0 unspecified atom stereocenters. The van der Waals surface area contributed by atoms with Gasteiger partial charge in [0.15, 0.2) is 0 Å². The summed E-state index contributed by atoms with van der Waals surface area (Å²) in [5.41, 5.74) is 1.03. The third kappa shape index (κ3) is 6.35. The Labute approximate surface area is 182 Å². The molecule has 0 atom stereocenters. The van der Waals surface area contributed by atoms with Crippen molar-refractivity contribution in [3.63, 3.8) is 0 Å². The van der Waals surface area contributed by atoms with Crippen molar-refractivity contribution in [1.29, 1.82) is 0 Å². The number of hydrogen-bond donors (Lipinski definition) is 1. The van der Waals surface area contributed by atoms with Crippen LogP contribution < -0.4 is 5.32 Å². The first-order valence-electron chi connectivity index (χ1n) is 9.94. The van der Waals surface area contributed by atoms with Crippen LogP contribution in [0.4, 0.5) is 4.39 Å². The van der Waals surface area contributed by atoms with Crippen LogP contribution in [0.15, 0.2) is 53.4 Å². The van der Waals surface area contributed by atoms with Gasteiger partial charge in [-0.05, 0) is 62.7 Å². The number of rotatable bonds is 9. The third-order valence-electron chi connectivity index (χ3n) is 4.91. The van der Waals surface area contributed by atoms with E-state index in [-0.39, 0.29) is 41.7 Å². The molecule has 31 heavy (non-hydrogen) atoms. The molecule has 168 valence electrons. The number of halogens is 1. The quantitative estimate of drug-likeness (QED) is 0.638. The molecule has 2 aromatic rings. The van der Waals surface area contributed by atoms with Crippen LogP contribution in [0.1, 0.15) is 36.7 Å². The molecule has 2 aromatic carbocycles. The number of hydrogen-bond acceptors (Lipinski definition) is 4. The van der Waals surface area contributed by atoms with Crippen molar-refractivity contribution in [3.8, 4) is 0 Å². The summed E-state index contributed by atoms with van der Waals surface area (Å²) >= 11 is 0. The molecular weight excluding hydrogens is 421 g/mol. The van der Waals surface area contributed by atoms with E-state index >= 15 is 0 Å². The van der Waals surface area contributed by atoms with Crippen molar-refractivity contribution < 1.29 is 22.4 Å².